The van der Waals surface area contributed by atoms with E-state index in [-0.39, 0.29) is 12.4 Å². The lowest BCUT2D eigenvalue weighted by atomic mass is 9.98. The van der Waals surface area contributed by atoms with E-state index >= 15 is 0 Å². The molecule has 3 heterocycles. The molecule has 3 aromatic heterocycles. The molecule has 0 bridgehead atoms. The van der Waals surface area contributed by atoms with Crippen molar-refractivity contribution in [2.75, 3.05) is 12.3 Å². The predicted molar refractivity (Wildman–Crippen MR) is 112 cm³/mol. The van der Waals surface area contributed by atoms with Gasteiger partial charge in [0.1, 0.15) is 15.4 Å². The van der Waals surface area contributed by atoms with Crippen molar-refractivity contribution in [3.63, 3.8) is 0 Å². The Balaban J connectivity index is 1.92. The highest BCUT2D eigenvalue weighted by Crippen LogP contribution is 2.50. The number of nitrogens with two attached hydrogens (primary N) is 1. The Labute approximate surface area is 168 Å². The minimum Gasteiger partial charge on any atom is -0.462 e. The predicted octanol–water partition coefficient (Wildman–Crippen LogP) is 5.00. The number of nitrogen functional groups attached to an aromatic ring is 1. The summed E-state index contributed by atoms with van der Waals surface area (Å²) in [5, 5.41) is 2.68. The molecular weight excluding hydrogens is 392 g/mol. The van der Waals surface area contributed by atoms with Crippen molar-refractivity contribution < 1.29 is 14.3 Å². The molecule has 0 saturated heterocycles. The van der Waals surface area contributed by atoms with Gasteiger partial charge in [0.15, 0.2) is 0 Å². The Morgan fingerprint density at radius 1 is 1.14 bits per heavy atom. The van der Waals surface area contributed by atoms with Crippen molar-refractivity contribution in [2.24, 2.45) is 0 Å². The van der Waals surface area contributed by atoms with Crippen LogP contribution in [0.4, 0.5) is 5.69 Å². The molecule has 7 heteroatoms. The maximum atomic E-state index is 13.0. The molecule has 1 aromatic carbocycles. The van der Waals surface area contributed by atoms with E-state index < -0.39 is 5.97 Å². The minimum atomic E-state index is -0.466. The van der Waals surface area contributed by atoms with E-state index in [0.29, 0.717) is 32.0 Å². The van der Waals surface area contributed by atoms with Crippen LogP contribution in [0.25, 0.3) is 31.8 Å². The fourth-order valence-corrected chi connectivity index (χ4v) is 5.40. The minimum absolute atomic E-state index is 0.102. The van der Waals surface area contributed by atoms with Crippen molar-refractivity contribution >= 4 is 50.3 Å². The molecule has 1 aliphatic rings. The number of nitrogens with zero attached hydrogens (tertiary/aromatic N) is 1. The number of ketones is 1. The lowest BCUT2D eigenvalue weighted by molar-refractivity contribution is 0.0533. The topological polar surface area (TPSA) is 82.3 Å². The van der Waals surface area contributed by atoms with E-state index in [1.54, 1.807) is 18.3 Å². The maximum Gasteiger partial charge on any atom is 0.350 e. The first-order chi connectivity index (χ1) is 13.6. The van der Waals surface area contributed by atoms with Gasteiger partial charge in [0, 0.05) is 27.0 Å². The number of carbonyl (C=O) groups is 2. The van der Waals surface area contributed by atoms with Gasteiger partial charge in [-0.2, -0.15) is 0 Å². The highest BCUT2D eigenvalue weighted by Gasteiger charge is 2.34. The number of esters is 1. The van der Waals surface area contributed by atoms with E-state index in [9.17, 15) is 9.59 Å². The summed E-state index contributed by atoms with van der Waals surface area (Å²) in [4.78, 5) is 31.9. The summed E-state index contributed by atoms with van der Waals surface area (Å²) < 4.78 is 5.15. The highest BCUT2D eigenvalue weighted by atomic mass is 32.1. The average Bonchev–Trinajstić information content (AvgIpc) is 3.40. The molecule has 138 valence electrons. The van der Waals surface area contributed by atoms with Crippen molar-refractivity contribution in [2.45, 2.75) is 6.92 Å². The number of hydrogen-bond acceptors (Lipinski definition) is 7. The molecule has 2 N–H and O–H groups in total. The molecule has 4 aromatic rings. The number of thiophene rings is 2. The van der Waals surface area contributed by atoms with Crippen molar-refractivity contribution in [3.8, 4) is 21.6 Å². The van der Waals surface area contributed by atoms with E-state index in [2.05, 4.69) is 4.98 Å². The standard InChI is InChI=1S/C21H14N2O3S2/c1-2-26-21(25)19-16(22)15-14(12-8-5-9-27-12)13-10-6-3-4-7-11(10)18(24)17(13)23-20(15)28-19/h3-9H,2,22H2,1H3. The molecule has 0 fully saturated rings. The molecule has 0 saturated carbocycles. The number of hydrogen-bond donors (Lipinski definition) is 1. The summed E-state index contributed by atoms with van der Waals surface area (Å²) in [7, 11) is 0. The van der Waals surface area contributed by atoms with Crippen LogP contribution in [0.2, 0.25) is 0 Å². The Kier molecular flexibility index (Phi) is 3.82. The van der Waals surface area contributed by atoms with Crippen LogP contribution in [-0.4, -0.2) is 23.3 Å². The molecule has 0 atom stereocenters. The van der Waals surface area contributed by atoms with Gasteiger partial charge in [-0.3, -0.25) is 4.79 Å². The summed E-state index contributed by atoms with van der Waals surface area (Å²) in [6.07, 6.45) is 0. The number of rotatable bonds is 3. The number of fused-ring (bicyclic) bond motifs is 4. The molecule has 0 radical (unpaired) electrons. The highest BCUT2D eigenvalue weighted by molar-refractivity contribution is 7.21. The van der Waals surface area contributed by atoms with E-state index in [0.717, 1.165) is 21.6 Å². The van der Waals surface area contributed by atoms with Crippen LogP contribution in [0.5, 0.6) is 0 Å². The fourth-order valence-electron chi connectivity index (χ4n) is 3.62. The number of carbonyl (C=O) groups excluding carboxylic acids is 2. The number of ether oxygens (including phenoxy) is 1. The van der Waals surface area contributed by atoms with Crippen LogP contribution in [0.15, 0.2) is 41.8 Å². The molecule has 5 nitrogen and oxygen atoms in total. The summed E-state index contributed by atoms with van der Waals surface area (Å²) in [6, 6.07) is 11.5. The quantitative estimate of drug-likeness (QED) is 0.427. The lowest BCUT2D eigenvalue weighted by Crippen LogP contribution is -2.05. The van der Waals surface area contributed by atoms with Crippen molar-refractivity contribution in [1.82, 2.24) is 4.98 Å². The Hall–Kier alpha value is -3.03. The second kappa shape index (κ2) is 6.25. The number of anilines is 1. The largest absolute Gasteiger partial charge is 0.462 e. The Morgan fingerprint density at radius 2 is 1.93 bits per heavy atom. The zero-order chi connectivity index (χ0) is 19.4. The smallest absolute Gasteiger partial charge is 0.350 e. The summed E-state index contributed by atoms with van der Waals surface area (Å²) in [5.41, 5.74) is 10.3. The third-order valence-electron chi connectivity index (χ3n) is 4.76. The Bertz CT molecular complexity index is 1270. The first kappa shape index (κ1) is 17.1. The number of pyridine rings is 1. The second-order valence-electron chi connectivity index (χ2n) is 6.31. The van der Waals surface area contributed by atoms with Gasteiger partial charge >= 0.3 is 5.97 Å². The Morgan fingerprint density at radius 3 is 2.64 bits per heavy atom. The molecule has 28 heavy (non-hydrogen) atoms. The molecule has 5 rings (SSSR count). The molecule has 1 aliphatic carbocycles. The SMILES string of the molecule is CCOC(=O)c1sc2nc3c(c(-c4cccs4)c2c1N)-c1ccccc1C3=O. The third-order valence-corrected chi connectivity index (χ3v) is 6.73. The summed E-state index contributed by atoms with van der Waals surface area (Å²) in [6.45, 7) is 2.01. The van der Waals surface area contributed by atoms with Crippen molar-refractivity contribution in [1.29, 1.82) is 0 Å². The zero-order valence-corrected chi connectivity index (χ0v) is 16.4. The van der Waals surface area contributed by atoms with Crippen LogP contribution < -0.4 is 5.73 Å². The van der Waals surface area contributed by atoms with Gasteiger partial charge in [-0.05, 0) is 23.9 Å². The molecule has 0 aliphatic heterocycles. The van der Waals surface area contributed by atoms with Crippen LogP contribution in [0, 0.1) is 0 Å². The van der Waals surface area contributed by atoms with E-state index in [1.165, 1.54) is 11.3 Å². The average molecular weight is 406 g/mol. The lowest BCUT2D eigenvalue weighted by Gasteiger charge is -2.10. The van der Waals surface area contributed by atoms with Crippen molar-refractivity contribution in [3.05, 3.63) is 57.9 Å². The van der Waals surface area contributed by atoms with Crippen LogP contribution in [-0.2, 0) is 4.74 Å². The second-order valence-corrected chi connectivity index (χ2v) is 8.25. The van der Waals surface area contributed by atoms with E-state index in [4.69, 9.17) is 10.5 Å². The van der Waals surface area contributed by atoms with Gasteiger partial charge in [-0.1, -0.05) is 30.3 Å². The summed E-state index contributed by atoms with van der Waals surface area (Å²) in [5.74, 6) is -0.568. The normalized spacial score (nSPS) is 12.2. The van der Waals surface area contributed by atoms with Gasteiger partial charge in [-0.15, -0.1) is 22.7 Å². The summed E-state index contributed by atoms with van der Waals surface area (Å²) >= 11 is 2.74. The fraction of sp³-hybridized carbons (Fsp3) is 0.0952. The van der Waals surface area contributed by atoms with E-state index in [1.807, 2.05) is 41.8 Å². The number of aromatic nitrogens is 1. The van der Waals surface area contributed by atoms with Crippen LogP contribution >= 0.6 is 22.7 Å². The zero-order valence-electron chi connectivity index (χ0n) is 14.8. The van der Waals surface area contributed by atoms with Gasteiger partial charge < -0.3 is 10.5 Å². The van der Waals surface area contributed by atoms with Gasteiger partial charge in [0.05, 0.1) is 12.3 Å². The molecule has 0 spiro atoms. The first-order valence-corrected chi connectivity index (χ1v) is 10.4. The van der Waals surface area contributed by atoms with Gasteiger partial charge in [0.2, 0.25) is 5.78 Å². The third kappa shape index (κ3) is 2.26. The van der Waals surface area contributed by atoms with Gasteiger partial charge in [0.25, 0.3) is 0 Å². The first-order valence-electron chi connectivity index (χ1n) is 8.72. The van der Waals surface area contributed by atoms with Gasteiger partial charge in [-0.25, -0.2) is 9.78 Å². The molecular formula is C21H14N2O3S2. The molecule has 0 unspecified atom stereocenters. The maximum absolute atomic E-state index is 13.0. The monoisotopic (exact) mass is 406 g/mol. The van der Waals surface area contributed by atoms with Crippen LogP contribution in [0.3, 0.4) is 0 Å². The molecule has 0 amide bonds. The van der Waals surface area contributed by atoms with Crippen LogP contribution in [0.1, 0.15) is 32.6 Å². The number of benzene rings is 1.